The summed E-state index contributed by atoms with van der Waals surface area (Å²) < 4.78 is 7.29. The van der Waals surface area contributed by atoms with Crippen molar-refractivity contribution in [3.63, 3.8) is 0 Å². The van der Waals surface area contributed by atoms with Crippen molar-refractivity contribution in [3.8, 4) is 0 Å². The fourth-order valence-corrected chi connectivity index (χ4v) is 4.08. The third kappa shape index (κ3) is 3.40. The maximum atomic E-state index is 5.40. The molecule has 0 amide bonds. The molecule has 2 aliphatic heterocycles. The quantitative estimate of drug-likeness (QED) is 0.382. The summed E-state index contributed by atoms with van der Waals surface area (Å²) in [6.45, 7) is 6.65. The van der Waals surface area contributed by atoms with Crippen molar-refractivity contribution >= 4 is 45.2 Å². The lowest BCUT2D eigenvalue weighted by Gasteiger charge is -2.34. The standard InChI is InChI=1S/C10H18I2N2O/c11-8-13-2-1-9(7-13)10(12)14-3-5-15-6-4-14/h9-10H,1-8H2/t9?,10-/m1/s1. The average Bonchev–Trinajstić information content (AvgIpc) is 2.78. The highest BCUT2D eigenvalue weighted by molar-refractivity contribution is 14.1. The molecule has 2 heterocycles. The van der Waals surface area contributed by atoms with Crippen molar-refractivity contribution in [3.05, 3.63) is 0 Å². The van der Waals surface area contributed by atoms with Crippen molar-refractivity contribution in [1.82, 2.24) is 9.80 Å². The van der Waals surface area contributed by atoms with Gasteiger partial charge < -0.3 is 4.74 Å². The van der Waals surface area contributed by atoms with Crippen LogP contribution in [0.1, 0.15) is 6.42 Å². The Bertz CT molecular complexity index is 200. The lowest BCUT2D eigenvalue weighted by atomic mass is 10.1. The van der Waals surface area contributed by atoms with Crippen LogP contribution in [0.3, 0.4) is 0 Å². The van der Waals surface area contributed by atoms with Crippen LogP contribution < -0.4 is 0 Å². The minimum absolute atomic E-state index is 0.708. The number of alkyl halides is 2. The number of morpholine rings is 1. The van der Waals surface area contributed by atoms with Gasteiger partial charge in [0.1, 0.15) is 0 Å². The van der Waals surface area contributed by atoms with Gasteiger partial charge in [-0.1, -0.05) is 45.2 Å². The zero-order valence-electron chi connectivity index (χ0n) is 8.87. The van der Waals surface area contributed by atoms with Gasteiger partial charge in [-0.2, -0.15) is 0 Å². The molecule has 15 heavy (non-hydrogen) atoms. The van der Waals surface area contributed by atoms with Gasteiger partial charge in [-0.25, -0.2) is 0 Å². The molecular weight excluding hydrogens is 418 g/mol. The number of hydrogen-bond acceptors (Lipinski definition) is 3. The lowest BCUT2D eigenvalue weighted by Crippen LogP contribution is -2.44. The fraction of sp³-hybridized carbons (Fsp3) is 1.00. The molecule has 2 aliphatic rings. The first-order valence-electron chi connectivity index (χ1n) is 5.55. The summed E-state index contributed by atoms with van der Waals surface area (Å²) >= 11 is 5.10. The Labute approximate surface area is 119 Å². The Morgan fingerprint density at radius 1 is 1.27 bits per heavy atom. The summed E-state index contributed by atoms with van der Waals surface area (Å²) in [6.07, 6.45) is 1.37. The number of nitrogens with zero attached hydrogens (tertiary/aromatic N) is 2. The monoisotopic (exact) mass is 436 g/mol. The molecule has 5 heteroatoms. The first-order chi connectivity index (χ1) is 7.31. The second kappa shape index (κ2) is 6.32. The highest BCUT2D eigenvalue weighted by Gasteiger charge is 2.31. The molecule has 0 aromatic carbocycles. The second-order valence-corrected chi connectivity index (χ2v) is 6.22. The molecule has 0 N–H and O–H groups in total. The van der Waals surface area contributed by atoms with Crippen LogP contribution in [0.25, 0.3) is 0 Å². The molecule has 3 nitrogen and oxygen atoms in total. The van der Waals surface area contributed by atoms with Crippen LogP contribution in [0, 0.1) is 5.92 Å². The molecule has 2 atom stereocenters. The van der Waals surface area contributed by atoms with Crippen LogP contribution in [0.5, 0.6) is 0 Å². The van der Waals surface area contributed by atoms with Crippen LogP contribution in [0.4, 0.5) is 0 Å². The highest BCUT2D eigenvalue weighted by atomic mass is 127. The zero-order valence-corrected chi connectivity index (χ0v) is 13.2. The van der Waals surface area contributed by atoms with Crippen LogP contribution >= 0.6 is 45.2 Å². The number of rotatable bonds is 3. The average molecular weight is 436 g/mol. The molecule has 1 unspecified atom stereocenters. The Balaban J connectivity index is 1.82. The van der Waals surface area contributed by atoms with Gasteiger partial charge in [-0.05, 0) is 18.9 Å². The van der Waals surface area contributed by atoms with Gasteiger partial charge in [-0.3, -0.25) is 9.80 Å². The normalized spacial score (nSPS) is 32.0. The molecule has 0 radical (unpaired) electrons. The SMILES string of the molecule is ICN1CCC([C@H](I)N2CCOCC2)C1. The van der Waals surface area contributed by atoms with Gasteiger partial charge in [-0.15, -0.1) is 0 Å². The maximum absolute atomic E-state index is 5.40. The van der Waals surface area contributed by atoms with E-state index in [0.29, 0.717) is 4.05 Å². The van der Waals surface area contributed by atoms with Gasteiger partial charge in [0.2, 0.25) is 0 Å². The van der Waals surface area contributed by atoms with E-state index in [1.165, 1.54) is 24.1 Å². The van der Waals surface area contributed by atoms with Crippen molar-refractivity contribution in [2.45, 2.75) is 10.5 Å². The molecule has 0 aromatic rings. The van der Waals surface area contributed by atoms with E-state index >= 15 is 0 Å². The fourth-order valence-electron chi connectivity index (χ4n) is 2.32. The van der Waals surface area contributed by atoms with Crippen molar-refractivity contribution in [1.29, 1.82) is 0 Å². The predicted molar refractivity (Wildman–Crippen MR) is 78.8 cm³/mol. The van der Waals surface area contributed by atoms with E-state index in [1.807, 2.05) is 0 Å². The van der Waals surface area contributed by atoms with Gasteiger partial charge >= 0.3 is 0 Å². The number of ether oxygens (including phenoxy) is 1. The molecule has 2 fully saturated rings. The van der Waals surface area contributed by atoms with E-state index < -0.39 is 0 Å². The minimum Gasteiger partial charge on any atom is -0.379 e. The van der Waals surface area contributed by atoms with E-state index in [0.717, 1.165) is 32.2 Å². The number of hydrogen-bond donors (Lipinski definition) is 0. The Hall–Kier alpha value is 1.34. The third-order valence-electron chi connectivity index (χ3n) is 3.26. The number of likely N-dealkylation sites (tertiary alicyclic amines) is 1. The van der Waals surface area contributed by atoms with Gasteiger partial charge in [0.15, 0.2) is 0 Å². The van der Waals surface area contributed by atoms with Gasteiger partial charge in [0.05, 0.1) is 21.8 Å². The third-order valence-corrected chi connectivity index (χ3v) is 6.03. The molecule has 0 aliphatic carbocycles. The summed E-state index contributed by atoms with van der Waals surface area (Å²) in [5, 5.41) is 0. The second-order valence-electron chi connectivity index (χ2n) is 4.27. The molecule has 2 rings (SSSR count). The van der Waals surface area contributed by atoms with E-state index in [-0.39, 0.29) is 0 Å². The summed E-state index contributed by atoms with van der Waals surface area (Å²) in [5.74, 6) is 0.860. The highest BCUT2D eigenvalue weighted by Crippen LogP contribution is 2.28. The zero-order chi connectivity index (χ0) is 10.7. The van der Waals surface area contributed by atoms with Crippen LogP contribution in [0.2, 0.25) is 0 Å². The lowest BCUT2D eigenvalue weighted by molar-refractivity contribution is 0.0273. The van der Waals surface area contributed by atoms with Crippen LogP contribution in [-0.2, 0) is 4.74 Å². The van der Waals surface area contributed by atoms with Gasteiger partial charge in [0, 0.05) is 19.6 Å². The van der Waals surface area contributed by atoms with Crippen LogP contribution in [0.15, 0.2) is 0 Å². The summed E-state index contributed by atoms with van der Waals surface area (Å²) in [5.41, 5.74) is 0. The molecular formula is C10H18I2N2O. The molecule has 0 spiro atoms. The summed E-state index contributed by atoms with van der Waals surface area (Å²) in [4.78, 5) is 5.14. The van der Waals surface area contributed by atoms with Crippen molar-refractivity contribution in [2.24, 2.45) is 5.92 Å². The van der Waals surface area contributed by atoms with E-state index in [9.17, 15) is 0 Å². The minimum atomic E-state index is 0.708. The smallest absolute Gasteiger partial charge is 0.0661 e. The largest absolute Gasteiger partial charge is 0.379 e. The Kier molecular flexibility index (Phi) is 5.39. The van der Waals surface area contributed by atoms with Crippen molar-refractivity contribution < 1.29 is 4.74 Å². The van der Waals surface area contributed by atoms with E-state index in [1.54, 1.807) is 0 Å². The molecule has 0 aromatic heterocycles. The summed E-state index contributed by atoms with van der Waals surface area (Å²) in [7, 11) is 0. The molecule has 0 bridgehead atoms. The topological polar surface area (TPSA) is 15.7 Å². The first kappa shape index (κ1) is 12.8. The summed E-state index contributed by atoms with van der Waals surface area (Å²) in [6, 6.07) is 0. The van der Waals surface area contributed by atoms with Gasteiger partial charge in [0.25, 0.3) is 0 Å². The molecule has 88 valence electrons. The van der Waals surface area contributed by atoms with Crippen LogP contribution in [-0.4, -0.2) is 57.8 Å². The van der Waals surface area contributed by atoms with Crippen molar-refractivity contribution in [2.75, 3.05) is 43.9 Å². The number of halogens is 2. The maximum Gasteiger partial charge on any atom is 0.0661 e. The molecule has 2 saturated heterocycles. The predicted octanol–water partition coefficient (Wildman–Crippen LogP) is 1.79. The van der Waals surface area contributed by atoms with E-state index in [2.05, 4.69) is 55.0 Å². The molecule has 0 saturated carbocycles. The van der Waals surface area contributed by atoms with E-state index in [4.69, 9.17) is 4.74 Å². The Morgan fingerprint density at radius 3 is 2.60 bits per heavy atom. The first-order valence-corrected chi connectivity index (χ1v) is 8.32. The Morgan fingerprint density at radius 2 is 2.00 bits per heavy atom.